The Morgan fingerprint density at radius 3 is 2.67 bits per heavy atom. The van der Waals surface area contributed by atoms with Gasteiger partial charge in [-0.2, -0.15) is 0 Å². The van der Waals surface area contributed by atoms with Gasteiger partial charge in [-0.15, -0.1) is 0 Å². The minimum absolute atomic E-state index is 0.320. The molecule has 2 rings (SSSR count). The Hall–Kier alpha value is -1.58. The fraction of sp³-hybridized carbons (Fsp3) is 0.0769. The molecular formula is C13H10Cl2N2O. The van der Waals surface area contributed by atoms with Crippen molar-refractivity contribution in [1.82, 2.24) is 4.98 Å². The molecule has 1 heterocycles. The van der Waals surface area contributed by atoms with Crippen molar-refractivity contribution in [2.24, 2.45) is 0 Å². The number of nitrogens with zero attached hydrogens (tertiary/aromatic N) is 1. The standard InChI is InChI=1S/C13H10Cl2N2O/c1-8-4-5-9(11(15)7-8)13(18)17-12-10(14)3-2-6-16-12/h2-7H,1H3,(H,16,17,18). The molecule has 0 spiro atoms. The van der Waals surface area contributed by atoms with Gasteiger partial charge in [0.05, 0.1) is 15.6 Å². The SMILES string of the molecule is Cc1ccc(C(=O)Nc2ncccc2Cl)c(Cl)c1. The summed E-state index contributed by atoms with van der Waals surface area (Å²) in [5, 5.41) is 3.41. The number of carbonyl (C=O) groups is 1. The minimum Gasteiger partial charge on any atom is -0.305 e. The van der Waals surface area contributed by atoms with E-state index in [-0.39, 0.29) is 5.91 Å². The first-order chi connectivity index (χ1) is 8.58. The maximum Gasteiger partial charge on any atom is 0.258 e. The molecule has 0 aliphatic heterocycles. The Kier molecular flexibility index (Phi) is 3.84. The van der Waals surface area contributed by atoms with Gasteiger partial charge in [-0.25, -0.2) is 4.98 Å². The summed E-state index contributed by atoms with van der Waals surface area (Å²) in [4.78, 5) is 16.0. The van der Waals surface area contributed by atoms with Crippen molar-refractivity contribution in [2.45, 2.75) is 6.92 Å². The number of benzene rings is 1. The highest BCUT2D eigenvalue weighted by Gasteiger charge is 2.12. The number of hydrogen-bond donors (Lipinski definition) is 1. The van der Waals surface area contributed by atoms with Crippen LogP contribution in [0.4, 0.5) is 5.82 Å². The van der Waals surface area contributed by atoms with Crippen LogP contribution in [0.3, 0.4) is 0 Å². The molecule has 0 fully saturated rings. The summed E-state index contributed by atoms with van der Waals surface area (Å²) >= 11 is 11.9. The molecule has 0 aliphatic rings. The molecule has 0 atom stereocenters. The topological polar surface area (TPSA) is 42.0 Å². The second-order valence-corrected chi connectivity index (χ2v) is 4.59. The van der Waals surface area contributed by atoms with E-state index >= 15 is 0 Å². The highest BCUT2D eigenvalue weighted by Crippen LogP contribution is 2.21. The number of aromatic nitrogens is 1. The van der Waals surface area contributed by atoms with E-state index < -0.39 is 0 Å². The number of rotatable bonds is 2. The van der Waals surface area contributed by atoms with Crippen molar-refractivity contribution in [3.63, 3.8) is 0 Å². The molecule has 0 aliphatic carbocycles. The number of halogens is 2. The average Bonchev–Trinajstić information content (AvgIpc) is 2.32. The summed E-state index contributed by atoms with van der Waals surface area (Å²) in [6.07, 6.45) is 1.55. The smallest absolute Gasteiger partial charge is 0.258 e. The van der Waals surface area contributed by atoms with Crippen LogP contribution in [-0.4, -0.2) is 10.9 Å². The monoisotopic (exact) mass is 280 g/mol. The van der Waals surface area contributed by atoms with Gasteiger partial charge in [0, 0.05) is 6.20 Å². The summed E-state index contributed by atoms with van der Waals surface area (Å²) in [6, 6.07) is 8.57. The first kappa shape index (κ1) is 12.9. The molecule has 1 aromatic heterocycles. The van der Waals surface area contributed by atoms with Crippen molar-refractivity contribution in [1.29, 1.82) is 0 Å². The lowest BCUT2D eigenvalue weighted by Crippen LogP contribution is -2.13. The molecule has 3 nitrogen and oxygen atoms in total. The van der Waals surface area contributed by atoms with Crippen LogP contribution in [0, 0.1) is 6.92 Å². The molecule has 2 aromatic rings. The van der Waals surface area contributed by atoms with Crippen LogP contribution >= 0.6 is 23.2 Å². The Balaban J connectivity index is 2.25. The first-order valence-corrected chi connectivity index (χ1v) is 6.01. The minimum atomic E-state index is -0.333. The normalized spacial score (nSPS) is 10.2. The molecule has 1 amide bonds. The molecule has 0 radical (unpaired) electrons. The fourth-order valence-electron chi connectivity index (χ4n) is 1.46. The molecule has 92 valence electrons. The summed E-state index contributed by atoms with van der Waals surface area (Å²) < 4.78 is 0. The third-order valence-electron chi connectivity index (χ3n) is 2.36. The zero-order valence-electron chi connectivity index (χ0n) is 9.58. The molecule has 1 N–H and O–H groups in total. The van der Waals surface area contributed by atoms with Crippen LogP contribution in [0.15, 0.2) is 36.5 Å². The third-order valence-corrected chi connectivity index (χ3v) is 2.98. The van der Waals surface area contributed by atoms with Crippen LogP contribution in [-0.2, 0) is 0 Å². The van der Waals surface area contributed by atoms with E-state index in [1.807, 2.05) is 13.0 Å². The van der Waals surface area contributed by atoms with Gasteiger partial charge in [-0.05, 0) is 36.8 Å². The maximum atomic E-state index is 12.0. The molecular weight excluding hydrogens is 271 g/mol. The lowest BCUT2D eigenvalue weighted by Gasteiger charge is -2.07. The maximum absolute atomic E-state index is 12.0. The van der Waals surface area contributed by atoms with E-state index in [0.29, 0.717) is 21.4 Å². The molecule has 0 unspecified atom stereocenters. The highest BCUT2D eigenvalue weighted by molar-refractivity contribution is 6.35. The molecule has 0 saturated heterocycles. The first-order valence-electron chi connectivity index (χ1n) is 5.26. The number of anilines is 1. The number of amides is 1. The van der Waals surface area contributed by atoms with Crippen molar-refractivity contribution in [2.75, 3.05) is 5.32 Å². The van der Waals surface area contributed by atoms with Gasteiger partial charge in [0.25, 0.3) is 5.91 Å². The number of pyridine rings is 1. The lowest BCUT2D eigenvalue weighted by molar-refractivity contribution is 0.102. The van der Waals surface area contributed by atoms with E-state index in [1.165, 1.54) is 0 Å². The average molecular weight is 281 g/mol. The summed E-state index contributed by atoms with van der Waals surface area (Å²) in [6.45, 7) is 1.91. The zero-order chi connectivity index (χ0) is 13.1. The van der Waals surface area contributed by atoms with Crippen LogP contribution in [0.25, 0.3) is 0 Å². The molecule has 1 aromatic carbocycles. The van der Waals surface area contributed by atoms with Crippen LogP contribution < -0.4 is 5.32 Å². The lowest BCUT2D eigenvalue weighted by atomic mass is 10.1. The van der Waals surface area contributed by atoms with Crippen molar-refractivity contribution in [3.8, 4) is 0 Å². The van der Waals surface area contributed by atoms with E-state index in [1.54, 1.807) is 30.5 Å². The van der Waals surface area contributed by atoms with Crippen LogP contribution in [0.2, 0.25) is 10.0 Å². The van der Waals surface area contributed by atoms with Crippen molar-refractivity contribution in [3.05, 3.63) is 57.7 Å². The second-order valence-electron chi connectivity index (χ2n) is 3.77. The Morgan fingerprint density at radius 2 is 2.00 bits per heavy atom. The number of hydrogen-bond acceptors (Lipinski definition) is 2. The Bertz CT molecular complexity index is 599. The van der Waals surface area contributed by atoms with Gasteiger partial charge < -0.3 is 5.32 Å². The highest BCUT2D eigenvalue weighted by atomic mass is 35.5. The quantitative estimate of drug-likeness (QED) is 0.905. The predicted octanol–water partition coefficient (Wildman–Crippen LogP) is 3.95. The molecule has 5 heteroatoms. The van der Waals surface area contributed by atoms with E-state index in [2.05, 4.69) is 10.3 Å². The van der Waals surface area contributed by atoms with Gasteiger partial charge >= 0.3 is 0 Å². The Morgan fingerprint density at radius 1 is 1.22 bits per heavy atom. The van der Waals surface area contributed by atoms with E-state index in [0.717, 1.165) is 5.56 Å². The summed E-state index contributed by atoms with van der Waals surface area (Å²) in [5.74, 6) is -0.0126. The summed E-state index contributed by atoms with van der Waals surface area (Å²) in [5.41, 5.74) is 1.39. The summed E-state index contributed by atoms with van der Waals surface area (Å²) in [7, 11) is 0. The van der Waals surface area contributed by atoms with Gasteiger partial charge in [0.2, 0.25) is 0 Å². The van der Waals surface area contributed by atoms with Crippen molar-refractivity contribution < 1.29 is 4.79 Å². The number of nitrogens with one attached hydrogen (secondary N) is 1. The van der Waals surface area contributed by atoms with Crippen molar-refractivity contribution >= 4 is 34.9 Å². The van der Waals surface area contributed by atoms with E-state index in [4.69, 9.17) is 23.2 Å². The second kappa shape index (κ2) is 5.38. The van der Waals surface area contributed by atoms with Gasteiger partial charge in [0.1, 0.15) is 0 Å². The zero-order valence-corrected chi connectivity index (χ0v) is 11.1. The molecule has 0 bridgehead atoms. The van der Waals surface area contributed by atoms with Gasteiger partial charge in [0.15, 0.2) is 5.82 Å². The van der Waals surface area contributed by atoms with Crippen LogP contribution in [0.1, 0.15) is 15.9 Å². The fourth-order valence-corrected chi connectivity index (χ4v) is 1.95. The van der Waals surface area contributed by atoms with E-state index in [9.17, 15) is 4.79 Å². The largest absolute Gasteiger partial charge is 0.305 e. The number of aryl methyl sites for hydroxylation is 1. The third kappa shape index (κ3) is 2.81. The molecule has 0 saturated carbocycles. The Labute approximate surface area is 115 Å². The number of carbonyl (C=O) groups excluding carboxylic acids is 1. The molecule has 18 heavy (non-hydrogen) atoms. The predicted molar refractivity (Wildman–Crippen MR) is 73.4 cm³/mol. The van der Waals surface area contributed by atoms with Crippen LogP contribution in [0.5, 0.6) is 0 Å². The van der Waals surface area contributed by atoms with Gasteiger partial charge in [-0.3, -0.25) is 4.79 Å². The van der Waals surface area contributed by atoms with Gasteiger partial charge in [-0.1, -0.05) is 29.3 Å².